The first-order chi connectivity index (χ1) is 18.3. The molecule has 0 bridgehead atoms. The zero-order valence-electron chi connectivity index (χ0n) is 21.2. The molecule has 12 heteroatoms. The summed E-state index contributed by atoms with van der Waals surface area (Å²) in [6.45, 7) is 2.48. The first-order valence-electron chi connectivity index (χ1n) is 11.9. The highest BCUT2D eigenvalue weighted by atomic mass is 16.5. The van der Waals surface area contributed by atoms with E-state index in [0.717, 1.165) is 4.57 Å². The number of anilines is 2. The molecule has 3 aromatic rings. The van der Waals surface area contributed by atoms with Gasteiger partial charge in [0, 0.05) is 31.5 Å². The predicted octanol–water partition coefficient (Wildman–Crippen LogP) is 1.71. The fraction of sp³-hybridized carbons (Fsp3) is 0.269. The number of ether oxygens (including phenoxy) is 2. The van der Waals surface area contributed by atoms with Crippen molar-refractivity contribution in [2.24, 2.45) is 0 Å². The van der Waals surface area contributed by atoms with Crippen LogP contribution in [0.3, 0.4) is 0 Å². The molecule has 0 spiro atoms. The molecule has 1 aromatic carbocycles. The van der Waals surface area contributed by atoms with Crippen molar-refractivity contribution >= 4 is 29.6 Å². The molecular weight excluding hydrogens is 492 g/mol. The molecule has 38 heavy (non-hydrogen) atoms. The average Bonchev–Trinajstić information content (AvgIpc) is 2.91. The van der Waals surface area contributed by atoms with Gasteiger partial charge in [0.1, 0.15) is 12.4 Å². The molecule has 0 saturated carbocycles. The smallest absolute Gasteiger partial charge is 0.336 e. The summed E-state index contributed by atoms with van der Waals surface area (Å²) in [6, 6.07) is 9.84. The molecule has 0 fully saturated rings. The van der Waals surface area contributed by atoms with Crippen LogP contribution in [0.25, 0.3) is 6.08 Å². The van der Waals surface area contributed by atoms with Gasteiger partial charge < -0.3 is 25.0 Å². The van der Waals surface area contributed by atoms with Crippen molar-refractivity contribution in [1.82, 2.24) is 19.9 Å². The number of carbonyl (C=O) groups is 2. The molecule has 3 heterocycles. The lowest BCUT2D eigenvalue weighted by molar-refractivity contribution is -0.140. The number of nitrogens with one attached hydrogen (secondary N) is 3. The topological polar surface area (TPSA) is 148 Å². The number of hydrogen-bond acceptors (Lipinski definition) is 8. The highest BCUT2D eigenvalue weighted by molar-refractivity contribution is 5.97. The molecule has 1 aliphatic heterocycles. The summed E-state index contributed by atoms with van der Waals surface area (Å²) in [7, 11) is 3.17. The third kappa shape index (κ3) is 5.91. The van der Waals surface area contributed by atoms with E-state index in [1.807, 2.05) is 6.92 Å². The lowest BCUT2D eigenvalue weighted by Crippen LogP contribution is -2.41. The van der Waals surface area contributed by atoms with Gasteiger partial charge in [-0.2, -0.15) is 0 Å². The molecule has 0 aliphatic carbocycles. The zero-order valence-corrected chi connectivity index (χ0v) is 21.2. The third-order valence-corrected chi connectivity index (χ3v) is 5.84. The van der Waals surface area contributed by atoms with Crippen LogP contribution < -0.4 is 31.5 Å². The summed E-state index contributed by atoms with van der Waals surface area (Å²) in [5.41, 5.74) is 1.31. The van der Waals surface area contributed by atoms with Crippen LogP contribution >= 0.6 is 0 Å². The predicted molar refractivity (Wildman–Crippen MR) is 141 cm³/mol. The van der Waals surface area contributed by atoms with Gasteiger partial charge in [-0.05, 0) is 42.3 Å². The Bertz CT molecular complexity index is 1490. The number of nitrogens with zero attached hydrogens (tertiary/aromatic N) is 3. The van der Waals surface area contributed by atoms with Crippen LogP contribution in [0.15, 0.2) is 57.8 Å². The lowest BCUT2D eigenvalue weighted by atomic mass is 10.1. The van der Waals surface area contributed by atoms with Gasteiger partial charge in [0.2, 0.25) is 5.88 Å². The van der Waals surface area contributed by atoms with Crippen molar-refractivity contribution in [1.29, 1.82) is 0 Å². The van der Waals surface area contributed by atoms with Crippen molar-refractivity contribution in [2.75, 3.05) is 37.5 Å². The number of aromatic nitrogens is 3. The SMILES string of the molecule is CCNC(=O)Nc1ccc(Cn2c(=O)[nH]c3c(c2=O)C=C(C(=O)OCc2ccnc(OC)c2)CN3C)cc1. The number of likely N-dealkylation sites (N-methyl/N-ethyl adjacent to an activating group) is 1. The fourth-order valence-corrected chi connectivity index (χ4v) is 3.93. The van der Waals surface area contributed by atoms with Crippen LogP contribution in [0.5, 0.6) is 5.88 Å². The second-order valence-corrected chi connectivity index (χ2v) is 8.57. The normalized spacial score (nSPS) is 12.3. The van der Waals surface area contributed by atoms with E-state index in [9.17, 15) is 19.2 Å². The molecule has 0 atom stereocenters. The van der Waals surface area contributed by atoms with E-state index < -0.39 is 17.2 Å². The summed E-state index contributed by atoms with van der Waals surface area (Å²) >= 11 is 0. The zero-order chi connectivity index (χ0) is 27.2. The van der Waals surface area contributed by atoms with Crippen LogP contribution in [0.2, 0.25) is 0 Å². The Morgan fingerprint density at radius 1 is 1.13 bits per heavy atom. The standard InChI is InChI=1S/C26H28N6O6/c1-4-27-25(35)29-19-7-5-16(6-8-19)13-32-23(33)20-12-18(14-31(2)22(20)30-26(32)36)24(34)38-15-17-9-10-28-21(11-17)37-3/h5-12H,4,13-15H2,1-3H3,(H,30,36)(H2,27,29,35). The molecule has 198 valence electrons. The Kier molecular flexibility index (Phi) is 7.90. The van der Waals surface area contributed by atoms with Gasteiger partial charge in [-0.3, -0.25) is 14.3 Å². The first-order valence-corrected chi connectivity index (χ1v) is 11.9. The number of methoxy groups -OCH3 is 1. The van der Waals surface area contributed by atoms with E-state index in [1.54, 1.807) is 54.5 Å². The van der Waals surface area contributed by atoms with Crippen LogP contribution in [-0.2, 0) is 22.7 Å². The monoisotopic (exact) mass is 520 g/mol. The maximum Gasteiger partial charge on any atom is 0.336 e. The van der Waals surface area contributed by atoms with Gasteiger partial charge in [-0.15, -0.1) is 0 Å². The minimum atomic E-state index is -0.578. The molecule has 0 saturated heterocycles. The number of urea groups is 1. The number of amides is 2. The minimum absolute atomic E-state index is 0.00406. The van der Waals surface area contributed by atoms with Gasteiger partial charge in [0.25, 0.3) is 5.56 Å². The van der Waals surface area contributed by atoms with Gasteiger partial charge in [0.05, 0.1) is 31.3 Å². The van der Waals surface area contributed by atoms with E-state index >= 15 is 0 Å². The number of pyridine rings is 1. The van der Waals surface area contributed by atoms with Crippen molar-refractivity contribution in [3.63, 3.8) is 0 Å². The lowest BCUT2D eigenvalue weighted by Gasteiger charge is -2.26. The second-order valence-electron chi connectivity index (χ2n) is 8.57. The molecule has 0 unspecified atom stereocenters. The Balaban J connectivity index is 1.54. The molecule has 1 aliphatic rings. The highest BCUT2D eigenvalue weighted by Gasteiger charge is 2.25. The van der Waals surface area contributed by atoms with E-state index in [-0.39, 0.29) is 36.9 Å². The summed E-state index contributed by atoms with van der Waals surface area (Å²) < 4.78 is 11.6. The van der Waals surface area contributed by atoms with E-state index in [4.69, 9.17) is 9.47 Å². The Morgan fingerprint density at radius 2 is 1.89 bits per heavy atom. The number of benzene rings is 1. The second kappa shape index (κ2) is 11.5. The summed E-state index contributed by atoms with van der Waals surface area (Å²) in [6.07, 6.45) is 3.01. The fourth-order valence-electron chi connectivity index (χ4n) is 3.93. The average molecular weight is 521 g/mol. The number of rotatable bonds is 8. The van der Waals surface area contributed by atoms with Gasteiger partial charge in [-0.25, -0.2) is 19.4 Å². The van der Waals surface area contributed by atoms with E-state index in [2.05, 4.69) is 20.6 Å². The van der Waals surface area contributed by atoms with Crippen LogP contribution in [0.4, 0.5) is 16.3 Å². The highest BCUT2D eigenvalue weighted by Crippen LogP contribution is 2.23. The van der Waals surface area contributed by atoms with E-state index in [0.29, 0.717) is 35.1 Å². The first kappa shape index (κ1) is 26.2. The van der Waals surface area contributed by atoms with Crippen molar-refractivity contribution in [2.45, 2.75) is 20.1 Å². The maximum atomic E-state index is 13.3. The quantitative estimate of drug-likeness (QED) is 0.380. The van der Waals surface area contributed by atoms with Crippen molar-refractivity contribution in [3.8, 4) is 5.88 Å². The van der Waals surface area contributed by atoms with Crippen molar-refractivity contribution < 1.29 is 19.1 Å². The Labute approximate surface area is 217 Å². The van der Waals surface area contributed by atoms with Crippen LogP contribution in [0, 0.1) is 0 Å². The largest absolute Gasteiger partial charge is 0.481 e. The summed E-state index contributed by atoms with van der Waals surface area (Å²) in [4.78, 5) is 59.0. The summed E-state index contributed by atoms with van der Waals surface area (Å²) in [5, 5.41) is 5.33. The molecule has 2 amide bonds. The Hall–Kier alpha value is -4.87. The molecule has 4 rings (SSSR count). The number of esters is 1. The molecule has 0 radical (unpaired) electrons. The number of carbonyl (C=O) groups excluding carboxylic acids is 2. The maximum absolute atomic E-state index is 13.3. The van der Waals surface area contributed by atoms with Crippen molar-refractivity contribution in [3.05, 3.63) is 85.7 Å². The summed E-state index contributed by atoms with van der Waals surface area (Å²) in [5.74, 6) is 0.153. The number of hydrogen-bond donors (Lipinski definition) is 3. The number of H-pyrrole nitrogens is 1. The van der Waals surface area contributed by atoms with Crippen LogP contribution in [0.1, 0.15) is 23.6 Å². The molecule has 2 aromatic heterocycles. The molecule has 12 nitrogen and oxygen atoms in total. The van der Waals surface area contributed by atoms with E-state index in [1.165, 1.54) is 13.2 Å². The van der Waals surface area contributed by atoms with Gasteiger partial charge in [-0.1, -0.05) is 12.1 Å². The molecular formula is C26H28N6O6. The molecule has 3 N–H and O–H groups in total. The van der Waals surface area contributed by atoms with Gasteiger partial charge >= 0.3 is 17.7 Å². The Morgan fingerprint density at radius 3 is 2.61 bits per heavy atom. The number of fused-ring (bicyclic) bond motifs is 1. The minimum Gasteiger partial charge on any atom is -0.481 e. The van der Waals surface area contributed by atoms with Crippen LogP contribution in [-0.4, -0.2) is 53.8 Å². The van der Waals surface area contributed by atoms with Gasteiger partial charge in [0.15, 0.2) is 0 Å². The third-order valence-electron chi connectivity index (χ3n) is 5.84. The number of aromatic amines is 1.